The van der Waals surface area contributed by atoms with Crippen molar-refractivity contribution in [2.45, 2.75) is 26.0 Å². The van der Waals surface area contributed by atoms with E-state index in [1.807, 2.05) is 43.4 Å². The van der Waals surface area contributed by atoms with Crippen LogP contribution in [0.25, 0.3) is 0 Å². The van der Waals surface area contributed by atoms with E-state index in [1.165, 1.54) is 5.56 Å². The van der Waals surface area contributed by atoms with E-state index in [4.69, 9.17) is 4.74 Å². The molecule has 1 aromatic carbocycles. The molecule has 1 aromatic heterocycles. The number of fused-ring (bicyclic) bond motifs is 1. The summed E-state index contributed by atoms with van der Waals surface area (Å²) in [5, 5.41) is 6.69. The molecule has 6 nitrogen and oxygen atoms in total. The molecular formula is C20H28IN5O. The number of rotatable bonds is 6. The van der Waals surface area contributed by atoms with Crippen LogP contribution in [0.2, 0.25) is 0 Å². The van der Waals surface area contributed by atoms with Crippen molar-refractivity contribution in [2.75, 3.05) is 32.1 Å². The minimum Gasteiger partial charge on any atom is -0.488 e. The van der Waals surface area contributed by atoms with Crippen LogP contribution >= 0.6 is 24.0 Å². The number of aromatic nitrogens is 1. The average molecular weight is 481 g/mol. The Morgan fingerprint density at radius 2 is 2.07 bits per heavy atom. The Hall–Kier alpha value is -2.03. The molecule has 3 rings (SSSR count). The van der Waals surface area contributed by atoms with Gasteiger partial charge in [-0.3, -0.25) is 0 Å². The second kappa shape index (κ2) is 10.3. The average Bonchev–Trinajstić information content (AvgIpc) is 3.07. The maximum Gasteiger partial charge on any atom is 0.191 e. The lowest BCUT2D eigenvalue weighted by Crippen LogP contribution is -2.42. The van der Waals surface area contributed by atoms with Gasteiger partial charge in [0, 0.05) is 33.3 Å². The summed E-state index contributed by atoms with van der Waals surface area (Å²) >= 11 is 0. The molecule has 0 aliphatic carbocycles. The lowest BCUT2D eigenvalue weighted by molar-refractivity contribution is 0.235. The Kier molecular flexibility index (Phi) is 8.15. The third-order valence-corrected chi connectivity index (χ3v) is 4.24. The number of hydrogen-bond acceptors (Lipinski definition) is 4. The van der Waals surface area contributed by atoms with E-state index in [-0.39, 0.29) is 30.1 Å². The van der Waals surface area contributed by atoms with Gasteiger partial charge in [-0.05, 0) is 36.2 Å². The van der Waals surface area contributed by atoms with E-state index in [0.717, 1.165) is 42.6 Å². The van der Waals surface area contributed by atoms with Gasteiger partial charge in [0.2, 0.25) is 0 Å². The number of ether oxygens (including phenoxy) is 1. The van der Waals surface area contributed by atoms with Gasteiger partial charge in [-0.25, -0.2) is 9.98 Å². The van der Waals surface area contributed by atoms with Crippen LogP contribution in [-0.2, 0) is 13.0 Å². The summed E-state index contributed by atoms with van der Waals surface area (Å²) in [4.78, 5) is 11.0. The number of halogens is 1. The van der Waals surface area contributed by atoms with Gasteiger partial charge in [0.05, 0.1) is 13.1 Å². The molecule has 1 atom stereocenters. The second-order valence-corrected chi connectivity index (χ2v) is 6.54. The maximum absolute atomic E-state index is 5.98. The van der Waals surface area contributed by atoms with Crippen LogP contribution in [0.15, 0.2) is 47.6 Å². The number of nitrogens with zero attached hydrogens (tertiary/aromatic N) is 3. The number of anilines is 1. The quantitative estimate of drug-likeness (QED) is 0.378. The van der Waals surface area contributed by atoms with Crippen LogP contribution < -0.4 is 20.3 Å². The minimum absolute atomic E-state index is 0. The van der Waals surface area contributed by atoms with Crippen molar-refractivity contribution in [2.24, 2.45) is 4.99 Å². The van der Waals surface area contributed by atoms with Crippen molar-refractivity contribution in [3.05, 3.63) is 53.7 Å². The zero-order valence-corrected chi connectivity index (χ0v) is 18.4. The Labute approximate surface area is 178 Å². The zero-order chi connectivity index (χ0) is 18.4. The molecule has 0 radical (unpaired) electrons. The summed E-state index contributed by atoms with van der Waals surface area (Å²) in [5.74, 6) is 2.73. The van der Waals surface area contributed by atoms with Gasteiger partial charge in [0.25, 0.3) is 0 Å². The number of para-hydroxylation sites is 1. The van der Waals surface area contributed by atoms with Crippen molar-refractivity contribution in [1.29, 1.82) is 0 Å². The fraction of sp³-hybridized carbons (Fsp3) is 0.400. The Balaban J connectivity index is 0.00000261. The SMILES string of the molecule is CCNC(=NCc1ccnc(N(C)C)c1)NCC1Cc2ccccc2O1.I. The van der Waals surface area contributed by atoms with Gasteiger partial charge < -0.3 is 20.3 Å². The smallest absolute Gasteiger partial charge is 0.191 e. The Morgan fingerprint density at radius 3 is 2.81 bits per heavy atom. The molecule has 1 aliphatic heterocycles. The fourth-order valence-corrected chi connectivity index (χ4v) is 2.89. The molecule has 0 saturated heterocycles. The largest absolute Gasteiger partial charge is 0.488 e. The number of pyridine rings is 1. The predicted octanol–water partition coefficient (Wildman–Crippen LogP) is 2.82. The molecule has 0 spiro atoms. The molecule has 0 amide bonds. The van der Waals surface area contributed by atoms with Crippen LogP contribution in [-0.4, -0.2) is 44.2 Å². The van der Waals surface area contributed by atoms with E-state index in [0.29, 0.717) is 6.54 Å². The molecule has 0 saturated carbocycles. The van der Waals surface area contributed by atoms with E-state index in [9.17, 15) is 0 Å². The minimum atomic E-state index is 0. The van der Waals surface area contributed by atoms with Gasteiger partial charge >= 0.3 is 0 Å². The summed E-state index contributed by atoms with van der Waals surface area (Å²) in [6.45, 7) is 4.21. The Bertz CT molecular complexity index is 741. The maximum atomic E-state index is 5.98. The summed E-state index contributed by atoms with van der Waals surface area (Å²) in [7, 11) is 3.97. The first-order valence-corrected chi connectivity index (χ1v) is 9.04. The summed E-state index contributed by atoms with van der Waals surface area (Å²) in [5.41, 5.74) is 2.40. The predicted molar refractivity (Wildman–Crippen MR) is 121 cm³/mol. The molecule has 2 aromatic rings. The van der Waals surface area contributed by atoms with Gasteiger partial charge in [0.1, 0.15) is 17.7 Å². The standard InChI is InChI=1S/C20H27N5O.HI/c1-4-21-20(23-13-15-9-10-22-19(11-15)25(2)3)24-14-17-12-16-7-5-6-8-18(16)26-17;/h5-11,17H,4,12-14H2,1-3H3,(H2,21,23,24);1H. The van der Waals surface area contributed by atoms with Crippen molar-refractivity contribution in [1.82, 2.24) is 15.6 Å². The van der Waals surface area contributed by atoms with Crippen LogP contribution in [0.1, 0.15) is 18.1 Å². The highest BCUT2D eigenvalue weighted by Gasteiger charge is 2.22. The van der Waals surface area contributed by atoms with Crippen LogP contribution in [0, 0.1) is 0 Å². The molecule has 7 heteroatoms. The van der Waals surface area contributed by atoms with Gasteiger partial charge in [-0.15, -0.1) is 24.0 Å². The number of aliphatic imine (C=N–C) groups is 1. The highest BCUT2D eigenvalue weighted by molar-refractivity contribution is 14.0. The van der Waals surface area contributed by atoms with Crippen LogP contribution in [0.5, 0.6) is 5.75 Å². The number of hydrogen-bond donors (Lipinski definition) is 2. The topological polar surface area (TPSA) is 61.8 Å². The van der Waals surface area contributed by atoms with Crippen LogP contribution in [0.4, 0.5) is 5.82 Å². The molecule has 1 aliphatic rings. The van der Waals surface area contributed by atoms with Crippen molar-refractivity contribution < 1.29 is 4.74 Å². The molecule has 2 heterocycles. The van der Waals surface area contributed by atoms with Gasteiger partial charge in [-0.1, -0.05) is 18.2 Å². The van der Waals surface area contributed by atoms with E-state index >= 15 is 0 Å². The first-order valence-electron chi connectivity index (χ1n) is 9.04. The number of nitrogens with one attached hydrogen (secondary N) is 2. The molecule has 27 heavy (non-hydrogen) atoms. The lowest BCUT2D eigenvalue weighted by Gasteiger charge is -2.16. The molecule has 0 fully saturated rings. The van der Waals surface area contributed by atoms with Crippen LogP contribution in [0.3, 0.4) is 0 Å². The van der Waals surface area contributed by atoms with Crippen molar-refractivity contribution in [3.8, 4) is 5.75 Å². The molecule has 1 unspecified atom stereocenters. The van der Waals surface area contributed by atoms with E-state index < -0.39 is 0 Å². The van der Waals surface area contributed by atoms with E-state index in [2.05, 4.69) is 45.7 Å². The first kappa shape index (κ1) is 21.3. The highest BCUT2D eigenvalue weighted by Crippen LogP contribution is 2.27. The molecule has 146 valence electrons. The Morgan fingerprint density at radius 1 is 1.26 bits per heavy atom. The monoisotopic (exact) mass is 481 g/mol. The first-order chi connectivity index (χ1) is 12.7. The van der Waals surface area contributed by atoms with Crippen molar-refractivity contribution in [3.63, 3.8) is 0 Å². The molecule has 2 N–H and O–H groups in total. The lowest BCUT2D eigenvalue weighted by atomic mass is 10.1. The summed E-state index contributed by atoms with van der Waals surface area (Å²) in [6.07, 6.45) is 2.89. The van der Waals surface area contributed by atoms with Gasteiger partial charge in [0.15, 0.2) is 5.96 Å². The fourth-order valence-electron chi connectivity index (χ4n) is 2.89. The summed E-state index contributed by atoms with van der Waals surface area (Å²) in [6, 6.07) is 12.3. The van der Waals surface area contributed by atoms with Gasteiger partial charge in [-0.2, -0.15) is 0 Å². The number of guanidine groups is 1. The molecular weight excluding hydrogens is 453 g/mol. The third kappa shape index (κ3) is 5.98. The molecule has 0 bridgehead atoms. The van der Waals surface area contributed by atoms with E-state index in [1.54, 1.807) is 0 Å². The second-order valence-electron chi connectivity index (χ2n) is 6.54. The van der Waals surface area contributed by atoms with Crippen molar-refractivity contribution >= 4 is 35.8 Å². The zero-order valence-electron chi connectivity index (χ0n) is 16.1. The third-order valence-electron chi connectivity index (χ3n) is 4.24. The normalized spacial score (nSPS) is 15.4. The number of benzene rings is 1. The summed E-state index contributed by atoms with van der Waals surface area (Å²) < 4.78 is 5.98. The highest BCUT2D eigenvalue weighted by atomic mass is 127.